The first-order valence-corrected chi connectivity index (χ1v) is 4.99. The van der Waals surface area contributed by atoms with E-state index in [9.17, 15) is 0 Å². The molecule has 2 nitrogen and oxygen atoms in total. The molecule has 2 heteroatoms. The van der Waals surface area contributed by atoms with E-state index in [1.54, 1.807) is 0 Å². The molecule has 1 aliphatic carbocycles. The molecule has 70 valence electrons. The van der Waals surface area contributed by atoms with Crippen molar-refractivity contribution in [2.24, 2.45) is 0 Å². The van der Waals surface area contributed by atoms with Crippen molar-refractivity contribution >= 4 is 0 Å². The van der Waals surface area contributed by atoms with E-state index in [-0.39, 0.29) is 0 Å². The lowest BCUT2D eigenvalue weighted by Gasteiger charge is -2.26. The molecule has 0 saturated heterocycles. The highest BCUT2D eigenvalue weighted by Gasteiger charge is 2.15. The SMILES string of the molecule is Cc1ccc(CNC2CCC2)cn1. The third-order valence-electron chi connectivity index (χ3n) is 2.67. The van der Waals surface area contributed by atoms with Crippen LogP contribution in [0.5, 0.6) is 0 Å². The quantitative estimate of drug-likeness (QED) is 0.762. The Balaban J connectivity index is 1.83. The number of hydrogen-bond donors (Lipinski definition) is 1. The minimum Gasteiger partial charge on any atom is -0.310 e. The van der Waals surface area contributed by atoms with E-state index < -0.39 is 0 Å². The Labute approximate surface area is 79.4 Å². The lowest BCUT2D eigenvalue weighted by molar-refractivity contribution is 0.338. The largest absolute Gasteiger partial charge is 0.310 e. The molecule has 0 atom stereocenters. The first kappa shape index (κ1) is 8.70. The molecule has 0 spiro atoms. The summed E-state index contributed by atoms with van der Waals surface area (Å²) in [6.45, 7) is 2.99. The summed E-state index contributed by atoms with van der Waals surface area (Å²) in [5.74, 6) is 0. The molecule has 1 aromatic rings. The van der Waals surface area contributed by atoms with Crippen LogP contribution in [0.2, 0.25) is 0 Å². The zero-order valence-corrected chi connectivity index (χ0v) is 8.09. The second-order valence-corrected chi connectivity index (χ2v) is 3.82. The Bertz CT molecular complexity index is 262. The molecule has 0 amide bonds. The molecule has 1 aliphatic rings. The van der Waals surface area contributed by atoms with Gasteiger partial charge in [-0.15, -0.1) is 0 Å². The Morgan fingerprint density at radius 1 is 1.46 bits per heavy atom. The summed E-state index contributed by atoms with van der Waals surface area (Å²) in [4.78, 5) is 4.26. The van der Waals surface area contributed by atoms with E-state index in [2.05, 4.69) is 22.4 Å². The standard InChI is InChI=1S/C11H16N2/c1-9-5-6-10(7-12-9)8-13-11-3-2-4-11/h5-7,11,13H,2-4,8H2,1H3. The zero-order chi connectivity index (χ0) is 9.10. The lowest BCUT2D eigenvalue weighted by atomic mass is 9.93. The third-order valence-corrected chi connectivity index (χ3v) is 2.67. The van der Waals surface area contributed by atoms with Crippen molar-refractivity contribution in [3.63, 3.8) is 0 Å². The molecule has 2 rings (SSSR count). The highest BCUT2D eigenvalue weighted by atomic mass is 14.9. The van der Waals surface area contributed by atoms with Gasteiger partial charge in [0.1, 0.15) is 0 Å². The number of nitrogens with zero attached hydrogens (tertiary/aromatic N) is 1. The van der Waals surface area contributed by atoms with Crippen LogP contribution >= 0.6 is 0 Å². The maximum absolute atomic E-state index is 4.26. The molecule has 1 heterocycles. The highest BCUT2D eigenvalue weighted by molar-refractivity contribution is 5.12. The summed E-state index contributed by atoms with van der Waals surface area (Å²) in [6.07, 6.45) is 6.05. The fourth-order valence-corrected chi connectivity index (χ4v) is 1.48. The minimum atomic E-state index is 0.765. The van der Waals surface area contributed by atoms with Crippen molar-refractivity contribution in [2.45, 2.75) is 38.8 Å². The molecular formula is C11H16N2. The number of rotatable bonds is 3. The topological polar surface area (TPSA) is 24.9 Å². The molecule has 1 saturated carbocycles. The highest BCUT2D eigenvalue weighted by Crippen LogP contribution is 2.18. The average molecular weight is 176 g/mol. The van der Waals surface area contributed by atoms with E-state index in [4.69, 9.17) is 0 Å². The fourth-order valence-electron chi connectivity index (χ4n) is 1.48. The number of aryl methyl sites for hydroxylation is 1. The van der Waals surface area contributed by atoms with Gasteiger partial charge in [0.25, 0.3) is 0 Å². The minimum absolute atomic E-state index is 0.765. The van der Waals surface area contributed by atoms with Crippen LogP contribution in [0, 0.1) is 6.92 Å². The van der Waals surface area contributed by atoms with Crippen LogP contribution in [0.1, 0.15) is 30.5 Å². The number of hydrogen-bond acceptors (Lipinski definition) is 2. The normalized spacial score (nSPS) is 17.0. The van der Waals surface area contributed by atoms with Crippen molar-refractivity contribution in [1.82, 2.24) is 10.3 Å². The van der Waals surface area contributed by atoms with Gasteiger partial charge in [0.05, 0.1) is 0 Å². The predicted octanol–water partition coefficient (Wildman–Crippen LogP) is 2.03. The molecule has 1 fully saturated rings. The van der Waals surface area contributed by atoms with Crippen LogP contribution in [0.15, 0.2) is 18.3 Å². The zero-order valence-electron chi connectivity index (χ0n) is 8.09. The molecule has 0 radical (unpaired) electrons. The van der Waals surface area contributed by atoms with E-state index >= 15 is 0 Å². The average Bonchev–Trinajstić information content (AvgIpc) is 2.05. The summed E-state index contributed by atoms with van der Waals surface area (Å²) < 4.78 is 0. The summed E-state index contributed by atoms with van der Waals surface area (Å²) in [7, 11) is 0. The van der Waals surface area contributed by atoms with Crippen LogP contribution in [0.3, 0.4) is 0 Å². The van der Waals surface area contributed by atoms with Gasteiger partial charge in [-0.3, -0.25) is 4.98 Å². The Morgan fingerprint density at radius 3 is 2.85 bits per heavy atom. The third kappa shape index (κ3) is 2.28. The van der Waals surface area contributed by atoms with Crippen LogP contribution in [0.4, 0.5) is 0 Å². The van der Waals surface area contributed by atoms with Gasteiger partial charge in [-0.1, -0.05) is 12.5 Å². The van der Waals surface area contributed by atoms with Crippen LogP contribution in [-0.4, -0.2) is 11.0 Å². The molecule has 1 aromatic heterocycles. The molecule has 13 heavy (non-hydrogen) atoms. The van der Waals surface area contributed by atoms with Gasteiger partial charge in [0, 0.05) is 24.5 Å². The maximum atomic E-state index is 4.26. The Hall–Kier alpha value is -0.890. The molecule has 0 aliphatic heterocycles. The van der Waals surface area contributed by atoms with Crippen LogP contribution in [0.25, 0.3) is 0 Å². The second-order valence-electron chi connectivity index (χ2n) is 3.82. The lowest BCUT2D eigenvalue weighted by Crippen LogP contribution is -2.34. The van der Waals surface area contributed by atoms with Crippen molar-refractivity contribution in [2.75, 3.05) is 0 Å². The first-order chi connectivity index (χ1) is 6.34. The number of pyridine rings is 1. The summed E-state index contributed by atoms with van der Waals surface area (Å²) in [6, 6.07) is 4.98. The van der Waals surface area contributed by atoms with Gasteiger partial charge < -0.3 is 5.32 Å². The van der Waals surface area contributed by atoms with Gasteiger partial charge in [0.15, 0.2) is 0 Å². The molecule has 0 aromatic carbocycles. The molecule has 0 bridgehead atoms. The molecule has 1 N–H and O–H groups in total. The number of nitrogens with one attached hydrogen (secondary N) is 1. The van der Waals surface area contributed by atoms with E-state index in [0.29, 0.717) is 0 Å². The van der Waals surface area contributed by atoms with Crippen molar-refractivity contribution < 1.29 is 0 Å². The summed E-state index contributed by atoms with van der Waals surface area (Å²) in [5.41, 5.74) is 2.38. The maximum Gasteiger partial charge on any atom is 0.0372 e. The molecular weight excluding hydrogens is 160 g/mol. The van der Waals surface area contributed by atoms with E-state index in [0.717, 1.165) is 18.3 Å². The first-order valence-electron chi connectivity index (χ1n) is 4.99. The monoisotopic (exact) mass is 176 g/mol. The Morgan fingerprint density at radius 2 is 2.31 bits per heavy atom. The van der Waals surface area contributed by atoms with Crippen LogP contribution in [-0.2, 0) is 6.54 Å². The number of aromatic nitrogens is 1. The van der Waals surface area contributed by atoms with Gasteiger partial charge >= 0.3 is 0 Å². The van der Waals surface area contributed by atoms with Crippen molar-refractivity contribution in [3.8, 4) is 0 Å². The summed E-state index contributed by atoms with van der Waals surface area (Å²) >= 11 is 0. The van der Waals surface area contributed by atoms with E-state index in [1.165, 1.54) is 24.8 Å². The van der Waals surface area contributed by atoms with Crippen LogP contribution < -0.4 is 5.32 Å². The Kier molecular flexibility index (Phi) is 2.60. The van der Waals surface area contributed by atoms with Gasteiger partial charge in [0.2, 0.25) is 0 Å². The van der Waals surface area contributed by atoms with Gasteiger partial charge in [-0.25, -0.2) is 0 Å². The second kappa shape index (κ2) is 3.88. The van der Waals surface area contributed by atoms with Crippen molar-refractivity contribution in [1.29, 1.82) is 0 Å². The summed E-state index contributed by atoms with van der Waals surface area (Å²) in [5, 5.41) is 3.51. The van der Waals surface area contributed by atoms with Crippen molar-refractivity contribution in [3.05, 3.63) is 29.6 Å². The smallest absolute Gasteiger partial charge is 0.0372 e. The van der Waals surface area contributed by atoms with E-state index in [1.807, 2.05) is 13.1 Å². The fraction of sp³-hybridized carbons (Fsp3) is 0.545. The molecule has 0 unspecified atom stereocenters. The van der Waals surface area contributed by atoms with Gasteiger partial charge in [-0.05, 0) is 31.4 Å². The van der Waals surface area contributed by atoms with Gasteiger partial charge in [-0.2, -0.15) is 0 Å². The predicted molar refractivity (Wildman–Crippen MR) is 53.5 cm³/mol.